The van der Waals surface area contributed by atoms with E-state index in [1.807, 2.05) is 0 Å². The summed E-state index contributed by atoms with van der Waals surface area (Å²) in [5.74, 6) is -1.24. The van der Waals surface area contributed by atoms with Gasteiger partial charge in [-0.05, 0) is 61.7 Å². The van der Waals surface area contributed by atoms with Crippen molar-refractivity contribution in [1.82, 2.24) is 9.88 Å². The Bertz CT molecular complexity index is 1850. The molecule has 2 fully saturated rings. The van der Waals surface area contributed by atoms with Crippen molar-refractivity contribution in [3.63, 3.8) is 0 Å². The molecule has 0 radical (unpaired) electrons. The van der Waals surface area contributed by atoms with Crippen LogP contribution < -0.4 is 29.6 Å². The van der Waals surface area contributed by atoms with Crippen LogP contribution in [0.3, 0.4) is 0 Å². The van der Waals surface area contributed by atoms with Gasteiger partial charge in [-0.15, -0.1) is 0 Å². The molecule has 48 heavy (non-hydrogen) atoms. The smallest absolute Gasteiger partial charge is 0.247 e. The Morgan fingerprint density at radius 1 is 0.896 bits per heavy atom. The van der Waals surface area contributed by atoms with Crippen LogP contribution in [-0.4, -0.2) is 74.4 Å². The number of morpholine rings is 1. The number of hydrogen-bond donors (Lipinski definition) is 1. The van der Waals surface area contributed by atoms with Crippen molar-refractivity contribution in [1.29, 1.82) is 0 Å². The van der Waals surface area contributed by atoms with E-state index in [4.69, 9.17) is 29.4 Å². The number of fused-ring (bicyclic) bond motifs is 3. The second-order valence-electron chi connectivity index (χ2n) is 11.9. The van der Waals surface area contributed by atoms with Gasteiger partial charge < -0.3 is 29.4 Å². The maximum Gasteiger partial charge on any atom is 0.247 e. The summed E-state index contributed by atoms with van der Waals surface area (Å²) in [6, 6.07) is 12.4. The van der Waals surface area contributed by atoms with Crippen LogP contribution in [0.5, 0.6) is 28.7 Å². The number of hydrogen-bond acceptors (Lipinski definition) is 9. The predicted molar refractivity (Wildman–Crippen MR) is 171 cm³/mol. The van der Waals surface area contributed by atoms with Crippen molar-refractivity contribution < 1.29 is 42.1 Å². The molecule has 13 heteroatoms. The van der Waals surface area contributed by atoms with Crippen LogP contribution in [0.25, 0.3) is 10.9 Å². The average Bonchev–Trinajstić information content (AvgIpc) is 3.92. The number of rotatable bonds is 11. The van der Waals surface area contributed by atoms with Gasteiger partial charge in [0, 0.05) is 43.7 Å². The topological polar surface area (TPSA) is 126 Å². The maximum atomic E-state index is 15.8. The van der Waals surface area contributed by atoms with Gasteiger partial charge in [0.1, 0.15) is 30.2 Å². The second kappa shape index (κ2) is 13.2. The van der Waals surface area contributed by atoms with Crippen LogP contribution >= 0.6 is 0 Å². The first kappa shape index (κ1) is 31.6. The molecular weight excluding hydrogens is 626 g/mol. The molecular formula is C35H34F2N4O7. The molecule has 4 aromatic rings. The largest absolute Gasteiger partial charge is 0.489 e. The Kier molecular flexibility index (Phi) is 8.71. The normalized spacial score (nSPS) is 16.7. The monoisotopic (exact) mass is 660 g/mol. The minimum absolute atomic E-state index is 0.119. The summed E-state index contributed by atoms with van der Waals surface area (Å²) in [7, 11) is 0. The van der Waals surface area contributed by atoms with E-state index in [0.717, 1.165) is 45.3 Å². The van der Waals surface area contributed by atoms with Crippen molar-refractivity contribution in [2.24, 2.45) is 11.1 Å². The second-order valence-corrected chi connectivity index (χ2v) is 11.9. The van der Waals surface area contributed by atoms with Gasteiger partial charge >= 0.3 is 0 Å². The summed E-state index contributed by atoms with van der Waals surface area (Å²) in [5.41, 5.74) is 5.05. The molecule has 11 nitrogen and oxygen atoms in total. The summed E-state index contributed by atoms with van der Waals surface area (Å²) in [6.07, 6.45) is 2.90. The number of benzene rings is 3. The summed E-state index contributed by atoms with van der Waals surface area (Å²) in [4.78, 5) is 33.9. The molecule has 2 amide bonds. The van der Waals surface area contributed by atoms with Gasteiger partial charge in [-0.25, -0.2) is 8.78 Å². The molecule has 250 valence electrons. The van der Waals surface area contributed by atoms with Crippen LogP contribution in [0.4, 0.5) is 20.2 Å². The van der Waals surface area contributed by atoms with E-state index >= 15 is 4.39 Å². The Morgan fingerprint density at radius 3 is 2.33 bits per heavy atom. The SMILES string of the molecule is NC(=O)C1(C(=O)N(c2ccc(F)cc2)c2ccc(Oc3ccnc4cc(OCCCN5CCOCC5)c5c(c34)OCCO5)c(F)c2)CC1. The van der Waals surface area contributed by atoms with Gasteiger partial charge in [0.15, 0.2) is 23.1 Å². The molecule has 1 saturated carbocycles. The van der Waals surface area contributed by atoms with Crippen molar-refractivity contribution in [2.45, 2.75) is 19.3 Å². The van der Waals surface area contributed by atoms with Gasteiger partial charge in [-0.2, -0.15) is 0 Å². The van der Waals surface area contributed by atoms with Crippen molar-refractivity contribution in [3.05, 3.63) is 72.4 Å². The molecule has 3 aromatic carbocycles. The molecule has 0 bridgehead atoms. The first-order chi connectivity index (χ1) is 23.3. The number of nitrogens with zero attached hydrogens (tertiary/aromatic N) is 3. The highest BCUT2D eigenvalue weighted by Crippen LogP contribution is 2.50. The van der Waals surface area contributed by atoms with E-state index in [2.05, 4.69) is 9.88 Å². The van der Waals surface area contributed by atoms with Gasteiger partial charge in [0.05, 0.1) is 36.4 Å². The van der Waals surface area contributed by atoms with Gasteiger partial charge in [0.2, 0.25) is 17.6 Å². The first-order valence-electron chi connectivity index (χ1n) is 15.9. The molecule has 7 rings (SSSR count). The molecule has 0 spiro atoms. The van der Waals surface area contributed by atoms with Crippen LogP contribution in [0, 0.1) is 17.0 Å². The molecule has 1 aliphatic carbocycles. The standard InChI is InChI=1S/C35H34F2N4O7/c36-22-2-4-23(5-3-22)41(34(43)35(9-10-35)33(38)42)24-6-7-27(25(37)20-24)48-28-8-11-39-26-21-29(31-32(30(26)28)47-19-18-46-31)45-15-1-12-40-13-16-44-17-14-40/h2-8,11,20-21H,1,9-10,12-19H2,(H2,38,42). The lowest BCUT2D eigenvalue weighted by molar-refractivity contribution is -0.133. The Hall–Kier alpha value is -5.01. The van der Waals surface area contributed by atoms with Crippen LogP contribution in [0.2, 0.25) is 0 Å². The number of carbonyl (C=O) groups is 2. The highest BCUT2D eigenvalue weighted by molar-refractivity contribution is 6.16. The number of anilines is 2. The number of ether oxygens (including phenoxy) is 5. The average molecular weight is 661 g/mol. The van der Waals surface area contributed by atoms with Crippen molar-refractivity contribution in [2.75, 3.05) is 57.6 Å². The quantitative estimate of drug-likeness (QED) is 0.173. The highest BCUT2D eigenvalue weighted by atomic mass is 19.1. The third-order valence-electron chi connectivity index (χ3n) is 8.74. The summed E-state index contributed by atoms with van der Waals surface area (Å²) in [5, 5.41) is 0.483. The fraction of sp³-hybridized carbons (Fsp3) is 0.343. The fourth-order valence-electron chi connectivity index (χ4n) is 5.97. The van der Waals surface area contributed by atoms with E-state index in [1.165, 1.54) is 47.5 Å². The van der Waals surface area contributed by atoms with Crippen LogP contribution in [-0.2, 0) is 14.3 Å². The highest BCUT2D eigenvalue weighted by Gasteiger charge is 2.57. The minimum Gasteiger partial charge on any atom is -0.489 e. The van der Waals surface area contributed by atoms with E-state index in [9.17, 15) is 14.0 Å². The Balaban J connectivity index is 1.16. The molecule has 0 unspecified atom stereocenters. The van der Waals surface area contributed by atoms with Gasteiger partial charge in [-0.1, -0.05) is 0 Å². The Morgan fingerprint density at radius 2 is 1.62 bits per heavy atom. The number of pyridine rings is 1. The number of amides is 2. The van der Waals surface area contributed by atoms with Gasteiger partial charge in [-0.3, -0.25) is 24.4 Å². The summed E-state index contributed by atoms with van der Waals surface area (Å²) < 4.78 is 59.2. The molecule has 3 heterocycles. The number of halogens is 2. The van der Waals surface area contributed by atoms with E-state index in [0.29, 0.717) is 48.0 Å². The zero-order valence-corrected chi connectivity index (χ0v) is 26.1. The van der Waals surface area contributed by atoms with Crippen LogP contribution in [0.1, 0.15) is 19.3 Å². The Labute approximate surface area is 275 Å². The fourth-order valence-corrected chi connectivity index (χ4v) is 5.97. The van der Waals surface area contributed by atoms with Crippen molar-refractivity contribution >= 4 is 34.1 Å². The molecule has 0 atom stereocenters. The lowest BCUT2D eigenvalue weighted by atomic mass is 10.0. The van der Waals surface area contributed by atoms with E-state index in [-0.39, 0.29) is 35.7 Å². The van der Waals surface area contributed by atoms with Crippen LogP contribution in [0.15, 0.2) is 60.8 Å². The molecule has 2 N–H and O–H groups in total. The molecule has 2 aliphatic heterocycles. The molecule has 1 aromatic heterocycles. The first-order valence-corrected chi connectivity index (χ1v) is 15.9. The maximum absolute atomic E-state index is 15.8. The third-order valence-corrected chi connectivity index (χ3v) is 8.74. The number of carbonyl (C=O) groups excluding carboxylic acids is 2. The van der Waals surface area contributed by atoms with Crippen molar-refractivity contribution in [3.8, 4) is 28.7 Å². The number of aromatic nitrogens is 1. The molecule has 3 aliphatic rings. The van der Waals surface area contributed by atoms with E-state index in [1.54, 1.807) is 12.1 Å². The number of primary amides is 1. The minimum atomic E-state index is -1.40. The predicted octanol–water partition coefficient (Wildman–Crippen LogP) is 5.11. The number of nitrogens with two attached hydrogens (primary N) is 1. The zero-order chi connectivity index (χ0) is 33.3. The molecule has 1 saturated heterocycles. The lowest BCUT2D eigenvalue weighted by Crippen LogP contribution is -2.41. The third kappa shape index (κ3) is 6.18. The summed E-state index contributed by atoms with van der Waals surface area (Å²) >= 11 is 0. The zero-order valence-electron chi connectivity index (χ0n) is 26.1. The lowest BCUT2D eigenvalue weighted by Gasteiger charge is -2.27. The van der Waals surface area contributed by atoms with E-state index < -0.39 is 28.9 Å². The van der Waals surface area contributed by atoms with Gasteiger partial charge in [0.25, 0.3) is 0 Å². The summed E-state index contributed by atoms with van der Waals surface area (Å²) in [6.45, 7) is 5.25.